The molecule has 6 heterocycles. The Bertz CT molecular complexity index is 1480. The van der Waals surface area contributed by atoms with Crippen molar-refractivity contribution in [3.05, 3.63) is 53.7 Å². The first-order valence-corrected chi connectivity index (χ1v) is 14.2. The highest BCUT2D eigenvalue weighted by Crippen LogP contribution is 2.42. The first-order valence-electron chi connectivity index (χ1n) is 13.0. The van der Waals surface area contributed by atoms with E-state index in [0.29, 0.717) is 28.4 Å². The topological polar surface area (TPSA) is 156 Å². The van der Waals surface area contributed by atoms with E-state index in [0.717, 1.165) is 54.0 Å². The molecule has 0 aliphatic carbocycles. The van der Waals surface area contributed by atoms with Gasteiger partial charge in [-0.1, -0.05) is 23.4 Å². The number of aromatic nitrogens is 7. The van der Waals surface area contributed by atoms with Crippen LogP contribution < -0.4 is 21.3 Å². The lowest BCUT2D eigenvalue weighted by molar-refractivity contribution is 0.0974. The normalized spacial score (nSPS) is 19.7. The highest BCUT2D eigenvalue weighted by atomic mass is 35.5. The molecule has 2 aliphatic rings. The van der Waals surface area contributed by atoms with Gasteiger partial charge in [-0.2, -0.15) is 10.1 Å². The van der Waals surface area contributed by atoms with Gasteiger partial charge in [0.05, 0.1) is 30.1 Å². The van der Waals surface area contributed by atoms with Gasteiger partial charge in [0.2, 0.25) is 5.95 Å². The van der Waals surface area contributed by atoms with Crippen LogP contribution in [0.15, 0.2) is 52.9 Å². The summed E-state index contributed by atoms with van der Waals surface area (Å²) in [5.41, 5.74) is 7.47. The molecule has 15 heteroatoms. The Hall–Kier alpha value is -3.23. The number of halogens is 2. The van der Waals surface area contributed by atoms with Crippen molar-refractivity contribution >= 4 is 65.0 Å². The van der Waals surface area contributed by atoms with Gasteiger partial charge in [0.1, 0.15) is 16.7 Å². The summed E-state index contributed by atoms with van der Waals surface area (Å²) in [6.07, 6.45) is 9.02. The number of nitrogens with two attached hydrogens (primary N) is 1. The molecule has 0 saturated carbocycles. The molecule has 2 atom stereocenters. The van der Waals surface area contributed by atoms with Gasteiger partial charge in [-0.15, -0.1) is 12.4 Å². The van der Waals surface area contributed by atoms with Crippen molar-refractivity contribution in [1.29, 1.82) is 0 Å². The van der Waals surface area contributed by atoms with Crippen molar-refractivity contribution in [3.63, 3.8) is 0 Å². The van der Waals surface area contributed by atoms with Gasteiger partial charge < -0.3 is 26.0 Å². The van der Waals surface area contributed by atoms with E-state index in [4.69, 9.17) is 22.1 Å². The first-order chi connectivity index (χ1) is 19.4. The molecule has 0 aromatic carbocycles. The van der Waals surface area contributed by atoms with Crippen molar-refractivity contribution < 1.29 is 4.74 Å². The number of nitrogens with one attached hydrogen (secondary N) is 3. The number of H-pyrrole nitrogens is 1. The number of piperidine rings is 1. The Morgan fingerprint density at radius 1 is 1.10 bits per heavy atom. The van der Waals surface area contributed by atoms with Crippen LogP contribution in [0.3, 0.4) is 0 Å². The second-order valence-electron chi connectivity index (χ2n) is 10.1. The number of anilines is 5. The van der Waals surface area contributed by atoms with E-state index in [1.165, 1.54) is 11.8 Å². The number of aryl methyl sites for hydroxylation is 1. The van der Waals surface area contributed by atoms with Crippen LogP contribution in [0.4, 0.5) is 29.2 Å². The fourth-order valence-electron chi connectivity index (χ4n) is 5.09. The molecule has 41 heavy (non-hydrogen) atoms. The summed E-state index contributed by atoms with van der Waals surface area (Å²) in [6.45, 7) is 6.50. The maximum atomic E-state index is 6.72. The number of aromatic amines is 1. The van der Waals surface area contributed by atoms with Crippen LogP contribution in [0.2, 0.25) is 5.02 Å². The Morgan fingerprint density at radius 2 is 1.90 bits per heavy atom. The minimum atomic E-state index is 0. The lowest BCUT2D eigenvalue weighted by atomic mass is 9.73. The van der Waals surface area contributed by atoms with Gasteiger partial charge in [-0.05, 0) is 38.8 Å². The van der Waals surface area contributed by atoms with Crippen molar-refractivity contribution in [1.82, 2.24) is 35.1 Å². The maximum Gasteiger partial charge on any atom is 0.230 e. The molecule has 2 saturated heterocycles. The minimum absolute atomic E-state index is 0. The van der Waals surface area contributed by atoms with Crippen molar-refractivity contribution in [2.75, 3.05) is 35.2 Å². The number of hydrogen-bond donors (Lipinski definition) is 4. The number of ether oxygens (including phenoxy) is 1. The van der Waals surface area contributed by atoms with Crippen LogP contribution >= 0.6 is 35.8 Å². The van der Waals surface area contributed by atoms with E-state index in [1.807, 2.05) is 25.3 Å². The van der Waals surface area contributed by atoms with E-state index >= 15 is 0 Å². The molecule has 6 rings (SSSR count). The van der Waals surface area contributed by atoms with Gasteiger partial charge >= 0.3 is 0 Å². The highest BCUT2D eigenvalue weighted by molar-refractivity contribution is 7.99. The lowest BCUT2D eigenvalue weighted by Crippen LogP contribution is -2.50. The Labute approximate surface area is 253 Å². The largest absolute Gasteiger partial charge is 0.376 e. The van der Waals surface area contributed by atoms with E-state index in [9.17, 15) is 0 Å². The molecular weight excluding hydrogens is 585 g/mol. The van der Waals surface area contributed by atoms with E-state index < -0.39 is 0 Å². The average molecular weight is 617 g/mol. The van der Waals surface area contributed by atoms with E-state index in [1.54, 1.807) is 24.7 Å². The zero-order valence-electron chi connectivity index (χ0n) is 22.5. The van der Waals surface area contributed by atoms with Crippen molar-refractivity contribution in [3.8, 4) is 0 Å². The van der Waals surface area contributed by atoms with E-state index in [2.05, 4.69) is 57.6 Å². The van der Waals surface area contributed by atoms with Crippen LogP contribution in [-0.4, -0.2) is 67.0 Å². The van der Waals surface area contributed by atoms with Gasteiger partial charge in [-0.25, -0.2) is 19.9 Å². The van der Waals surface area contributed by atoms with Crippen LogP contribution in [0, 0.1) is 12.3 Å². The van der Waals surface area contributed by atoms with Crippen LogP contribution in [0.25, 0.3) is 0 Å². The summed E-state index contributed by atoms with van der Waals surface area (Å²) in [6, 6.07) is 5.53. The summed E-state index contributed by atoms with van der Waals surface area (Å²) >= 11 is 8.14. The summed E-state index contributed by atoms with van der Waals surface area (Å²) in [5, 5.41) is 14.4. The lowest BCUT2D eigenvalue weighted by Gasteiger charge is -2.41. The zero-order valence-corrected chi connectivity index (χ0v) is 24.9. The quantitative estimate of drug-likeness (QED) is 0.227. The Morgan fingerprint density at radius 3 is 2.59 bits per heavy atom. The number of pyridine rings is 1. The SMILES string of the molecule is Cc1cc(Nc2nccc(Nc3nccc(Sc4cnc(N5CCC6(CC5)CO[C@@H](C)[C@H]6N)cn4)c3Cl)n2)n[nH]1.Cl. The van der Waals surface area contributed by atoms with Gasteiger partial charge in [-0.3, -0.25) is 5.10 Å². The van der Waals surface area contributed by atoms with E-state index in [-0.39, 0.29) is 30.0 Å². The summed E-state index contributed by atoms with van der Waals surface area (Å²) in [7, 11) is 0. The molecule has 0 unspecified atom stereocenters. The number of nitrogens with zero attached hydrogens (tertiary/aromatic N) is 7. The molecule has 2 aliphatic heterocycles. The van der Waals surface area contributed by atoms with Gasteiger partial charge in [0, 0.05) is 53.6 Å². The molecular formula is C26H31Cl2N11OS. The second-order valence-corrected chi connectivity index (χ2v) is 11.6. The van der Waals surface area contributed by atoms with Gasteiger partial charge in [0.15, 0.2) is 11.6 Å². The standard InChI is InChI=1S/C26H30ClN11OS.ClH/c1-15-11-19(37-36-15)35-25-30-8-4-18(34-25)33-24-22(27)17(3-7-29-24)40-21-13-31-20(12-32-21)38-9-5-26(6-10-38)14-39-16(2)23(26)28;/h3-4,7-8,11-13,16,23H,5-6,9-10,14,28H2,1-2H3,(H3,29,30,33,34,35,36,37);1H/t16-,23+;/m0./s1. The zero-order chi connectivity index (χ0) is 27.7. The predicted octanol–water partition coefficient (Wildman–Crippen LogP) is 4.74. The summed E-state index contributed by atoms with van der Waals surface area (Å²) < 4.78 is 5.84. The fraction of sp³-hybridized carbons (Fsp3) is 0.385. The third kappa shape index (κ3) is 6.33. The Balaban J connectivity index is 0.00000337. The van der Waals surface area contributed by atoms with Crippen LogP contribution in [0.1, 0.15) is 25.5 Å². The molecule has 0 bridgehead atoms. The first kappa shape index (κ1) is 29.3. The maximum absolute atomic E-state index is 6.72. The summed E-state index contributed by atoms with van der Waals surface area (Å²) in [5.74, 6) is 2.89. The number of rotatable bonds is 7. The molecule has 0 radical (unpaired) electrons. The second kappa shape index (κ2) is 12.3. The van der Waals surface area contributed by atoms with Crippen molar-refractivity contribution in [2.45, 2.75) is 48.8 Å². The molecule has 5 N–H and O–H groups in total. The van der Waals surface area contributed by atoms with Crippen LogP contribution in [-0.2, 0) is 4.74 Å². The van der Waals surface area contributed by atoms with Crippen molar-refractivity contribution in [2.24, 2.45) is 11.1 Å². The fourth-order valence-corrected chi connectivity index (χ4v) is 6.12. The highest BCUT2D eigenvalue weighted by Gasteiger charge is 2.47. The van der Waals surface area contributed by atoms with Crippen LogP contribution in [0.5, 0.6) is 0 Å². The molecule has 1 spiro atoms. The average Bonchev–Trinajstić information content (AvgIpc) is 3.49. The third-order valence-electron chi connectivity index (χ3n) is 7.46. The predicted molar refractivity (Wildman–Crippen MR) is 162 cm³/mol. The molecule has 216 valence electrons. The van der Waals surface area contributed by atoms with Gasteiger partial charge in [0.25, 0.3) is 0 Å². The third-order valence-corrected chi connectivity index (χ3v) is 8.94. The minimum Gasteiger partial charge on any atom is -0.376 e. The Kier molecular flexibility index (Phi) is 8.80. The monoisotopic (exact) mass is 615 g/mol. The summed E-state index contributed by atoms with van der Waals surface area (Å²) in [4.78, 5) is 25.5. The molecule has 4 aromatic heterocycles. The molecule has 2 fully saturated rings. The molecule has 4 aromatic rings. The molecule has 12 nitrogen and oxygen atoms in total. The smallest absolute Gasteiger partial charge is 0.230 e. The molecule has 0 amide bonds. The number of hydrogen-bond acceptors (Lipinski definition) is 12.